The second-order valence-electron chi connectivity index (χ2n) is 6.23. The number of hydrogen-bond donors (Lipinski definition) is 1. The SMILES string of the molecule is Cn1nc(C(=O)OCC(=O)Nc2nnc(-c3ccccc3)o2)c2ccccc2c1=O. The number of rotatable bonds is 5. The maximum absolute atomic E-state index is 12.4. The molecule has 0 saturated heterocycles. The second-order valence-corrected chi connectivity index (χ2v) is 6.23. The second kappa shape index (κ2) is 7.95. The first-order valence-corrected chi connectivity index (χ1v) is 8.85. The van der Waals surface area contributed by atoms with Gasteiger partial charge in [0.05, 0.1) is 5.39 Å². The Balaban J connectivity index is 1.43. The first-order chi connectivity index (χ1) is 14.5. The molecule has 1 N–H and O–H groups in total. The first kappa shape index (κ1) is 19.0. The Kier molecular flexibility index (Phi) is 5.04. The molecule has 2 aromatic heterocycles. The zero-order valence-corrected chi connectivity index (χ0v) is 15.7. The van der Waals surface area contributed by atoms with Crippen molar-refractivity contribution in [1.82, 2.24) is 20.0 Å². The highest BCUT2D eigenvalue weighted by Crippen LogP contribution is 2.19. The molecule has 1 amide bonds. The summed E-state index contributed by atoms with van der Waals surface area (Å²) in [7, 11) is 1.43. The van der Waals surface area contributed by atoms with Crippen molar-refractivity contribution >= 4 is 28.7 Å². The number of hydrogen-bond acceptors (Lipinski definition) is 8. The normalized spacial score (nSPS) is 10.7. The number of carbonyl (C=O) groups is 2. The molecule has 0 spiro atoms. The fourth-order valence-electron chi connectivity index (χ4n) is 2.78. The molecule has 0 aliphatic heterocycles. The molecule has 0 aliphatic carbocycles. The van der Waals surface area contributed by atoms with Crippen LogP contribution in [-0.2, 0) is 16.6 Å². The van der Waals surface area contributed by atoms with Crippen LogP contribution >= 0.6 is 0 Å². The highest BCUT2D eigenvalue weighted by molar-refractivity contribution is 6.03. The van der Waals surface area contributed by atoms with E-state index < -0.39 is 18.5 Å². The van der Waals surface area contributed by atoms with E-state index in [0.717, 1.165) is 4.68 Å². The summed E-state index contributed by atoms with van der Waals surface area (Å²) in [5.74, 6) is -1.27. The molecule has 2 heterocycles. The number of esters is 1. The Morgan fingerprint density at radius 1 is 1.03 bits per heavy atom. The number of aryl methyl sites for hydroxylation is 1. The lowest BCUT2D eigenvalue weighted by Crippen LogP contribution is -2.26. The highest BCUT2D eigenvalue weighted by Gasteiger charge is 2.19. The van der Waals surface area contributed by atoms with Gasteiger partial charge in [0.1, 0.15) is 0 Å². The molecular weight excluding hydrogens is 390 g/mol. The van der Waals surface area contributed by atoms with E-state index in [1.54, 1.807) is 36.4 Å². The number of fused-ring (bicyclic) bond motifs is 1. The van der Waals surface area contributed by atoms with Gasteiger partial charge in [-0.25, -0.2) is 9.48 Å². The van der Waals surface area contributed by atoms with Gasteiger partial charge in [-0.3, -0.25) is 14.9 Å². The maximum Gasteiger partial charge on any atom is 0.359 e. The average Bonchev–Trinajstić information content (AvgIpc) is 3.23. The van der Waals surface area contributed by atoms with Crippen LogP contribution in [0.15, 0.2) is 63.8 Å². The van der Waals surface area contributed by atoms with Gasteiger partial charge in [-0.1, -0.05) is 41.5 Å². The van der Waals surface area contributed by atoms with Crippen molar-refractivity contribution in [2.24, 2.45) is 7.05 Å². The molecule has 2 aromatic carbocycles. The zero-order valence-electron chi connectivity index (χ0n) is 15.7. The molecular formula is C20H15N5O5. The van der Waals surface area contributed by atoms with Crippen LogP contribution in [0.4, 0.5) is 6.01 Å². The molecule has 0 fully saturated rings. The molecule has 0 radical (unpaired) electrons. The molecule has 150 valence electrons. The Hall–Kier alpha value is -4.34. The van der Waals surface area contributed by atoms with Crippen LogP contribution in [0.2, 0.25) is 0 Å². The number of benzene rings is 2. The van der Waals surface area contributed by atoms with E-state index in [2.05, 4.69) is 20.6 Å². The third kappa shape index (κ3) is 3.78. The summed E-state index contributed by atoms with van der Waals surface area (Å²) in [4.78, 5) is 36.7. The summed E-state index contributed by atoms with van der Waals surface area (Å²) in [6, 6.07) is 15.4. The minimum atomic E-state index is -0.840. The van der Waals surface area contributed by atoms with Crippen molar-refractivity contribution in [3.05, 3.63) is 70.6 Å². The lowest BCUT2D eigenvalue weighted by molar-refractivity contribution is -0.119. The fraction of sp³-hybridized carbons (Fsp3) is 0.100. The number of nitrogens with one attached hydrogen (secondary N) is 1. The van der Waals surface area contributed by atoms with Crippen molar-refractivity contribution in [2.45, 2.75) is 0 Å². The van der Waals surface area contributed by atoms with Gasteiger partial charge in [0.15, 0.2) is 12.3 Å². The number of nitrogens with zero attached hydrogens (tertiary/aromatic N) is 4. The summed E-state index contributed by atoms with van der Waals surface area (Å²) in [5.41, 5.74) is 0.291. The van der Waals surface area contributed by atoms with Gasteiger partial charge in [0.25, 0.3) is 11.5 Å². The summed E-state index contributed by atoms with van der Waals surface area (Å²) >= 11 is 0. The summed E-state index contributed by atoms with van der Waals surface area (Å²) in [6.07, 6.45) is 0. The third-order valence-electron chi connectivity index (χ3n) is 4.18. The van der Waals surface area contributed by atoms with Crippen molar-refractivity contribution in [2.75, 3.05) is 11.9 Å². The van der Waals surface area contributed by atoms with E-state index in [0.29, 0.717) is 16.3 Å². The number of aromatic nitrogens is 4. The third-order valence-corrected chi connectivity index (χ3v) is 4.18. The van der Waals surface area contributed by atoms with Gasteiger partial charge in [0, 0.05) is 18.0 Å². The van der Waals surface area contributed by atoms with Gasteiger partial charge < -0.3 is 9.15 Å². The lowest BCUT2D eigenvalue weighted by atomic mass is 10.1. The molecule has 0 bridgehead atoms. The Labute approximate surface area is 169 Å². The van der Waals surface area contributed by atoms with Gasteiger partial charge in [-0.05, 0) is 18.2 Å². The number of ether oxygens (including phenoxy) is 1. The summed E-state index contributed by atoms with van der Waals surface area (Å²) in [5, 5.41) is 14.6. The van der Waals surface area contributed by atoms with Crippen LogP contribution in [0.3, 0.4) is 0 Å². The van der Waals surface area contributed by atoms with Crippen molar-refractivity contribution < 1.29 is 18.7 Å². The molecule has 0 atom stereocenters. The molecule has 10 heteroatoms. The molecule has 10 nitrogen and oxygen atoms in total. The van der Waals surface area contributed by atoms with Crippen molar-refractivity contribution in [3.63, 3.8) is 0 Å². The number of amides is 1. The lowest BCUT2D eigenvalue weighted by Gasteiger charge is -2.08. The van der Waals surface area contributed by atoms with Crippen LogP contribution in [0, 0.1) is 0 Å². The van der Waals surface area contributed by atoms with Crippen molar-refractivity contribution in [1.29, 1.82) is 0 Å². The Morgan fingerprint density at radius 3 is 2.50 bits per heavy atom. The maximum atomic E-state index is 12.4. The predicted molar refractivity (Wildman–Crippen MR) is 106 cm³/mol. The minimum absolute atomic E-state index is 0.0651. The van der Waals surface area contributed by atoms with Gasteiger partial charge in [0.2, 0.25) is 5.89 Å². The zero-order chi connectivity index (χ0) is 21.1. The van der Waals surface area contributed by atoms with E-state index in [1.807, 2.05) is 18.2 Å². The molecule has 4 aromatic rings. The average molecular weight is 405 g/mol. The largest absolute Gasteiger partial charge is 0.451 e. The number of anilines is 1. The van der Waals surface area contributed by atoms with Crippen molar-refractivity contribution in [3.8, 4) is 11.5 Å². The van der Waals surface area contributed by atoms with E-state index in [9.17, 15) is 14.4 Å². The topological polar surface area (TPSA) is 129 Å². The molecule has 4 rings (SSSR count). The number of carbonyl (C=O) groups excluding carboxylic acids is 2. The molecule has 0 unspecified atom stereocenters. The summed E-state index contributed by atoms with van der Waals surface area (Å²) < 4.78 is 11.5. The Morgan fingerprint density at radius 2 is 1.73 bits per heavy atom. The molecule has 0 aliphatic rings. The standard InChI is InChI=1S/C20H15N5O5/c1-25-18(27)14-10-6-5-9-13(14)16(24-25)19(28)29-11-15(26)21-20-23-22-17(30-20)12-7-3-2-4-8-12/h2-10H,11H2,1H3,(H,21,23,26). The van der Waals surface area contributed by atoms with E-state index in [4.69, 9.17) is 9.15 Å². The predicted octanol–water partition coefficient (Wildman–Crippen LogP) is 1.78. The summed E-state index contributed by atoms with van der Waals surface area (Å²) in [6.45, 7) is -0.596. The van der Waals surface area contributed by atoms with Crippen LogP contribution < -0.4 is 10.9 Å². The van der Waals surface area contributed by atoms with Crippen LogP contribution in [-0.4, -0.2) is 38.5 Å². The van der Waals surface area contributed by atoms with E-state index in [-0.39, 0.29) is 23.2 Å². The van der Waals surface area contributed by atoms with Gasteiger partial charge in [-0.15, -0.1) is 5.10 Å². The molecule has 30 heavy (non-hydrogen) atoms. The molecule has 0 saturated carbocycles. The monoisotopic (exact) mass is 405 g/mol. The van der Waals surface area contributed by atoms with E-state index in [1.165, 1.54) is 7.05 Å². The first-order valence-electron chi connectivity index (χ1n) is 8.85. The van der Waals surface area contributed by atoms with Crippen LogP contribution in [0.25, 0.3) is 22.2 Å². The quantitative estimate of drug-likeness (QED) is 0.498. The van der Waals surface area contributed by atoms with Gasteiger partial charge in [-0.2, -0.15) is 5.10 Å². The van der Waals surface area contributed by atoms with Gasteiger partial charge >= 0.3 is 12.0 Å². The van der Waals surface area contributed by atoms with E-state index >= 15 is 0 Å². The Bertz CT molecular complexity index is 1300. The minimum Gasteiger partial charge on any atom is -0.451 e. The fourth-order valence-corrected chi connectivity index (χ4v) is 2.78. The smallest absolute Gasteiger partial charge is 0.359 e. The highest BCUT2D eigenvalue weighted by atomic mass is 16.5. The van der Waals surface area contributed by atoms with Crippen LogP contribution in [0.1, 0.15) is 10.5 Å². The van der Waals surface area contributed by atoms with Crippen LogP contribution in [0.5, 0.6) is 0 Å².